The molecule has 0 aliphatic heterocycles. The van der Waals surface area contributed by atoms with Crippen LogP contribution >= 0.6 is 0 Å². The largest absolute Gasteiger partial charge is 0.456 e. The molecule has 0 saturated carbocycles. The van der Waals surface area contributed by atoms with Crippen molar-refractivity contribution in [3.05, 3.63) is 23.8 Å². The lowest BCUT2D eigenvalue weighted by Gasteiger charge is -2.19. The van der Waals surface area contributed by atoms with Crippen LogP contribution in [0.4, 0.5) is 5.69 Å². The fraction of sp³-hybridized carbons (Fsp3) is 0.500. The highest BCUT2D eigenvalue weighted by atomic mass is 32.2. The Labute approximate surface area is 165 Å². The SMILES string of the molecule is CCN(CC)S(=O)(=O)c1ccc(C)c(NC(=O)COC(=O)CCNC(C)=O)c1. The van der Waals surface area contributed by atoms with Gasteiger partial charge in [0.25, 0.3) is 5.91 Å². The van der Waals surface area contributed by atoms with Gasteiger partial charge in [0.15, 0.2) is 6.61 Å². The van der Waals surface area contributed by atoms with Crippen molar-refractivity contribution in [2.45, 2.75) is 39.0 Å². The quantitative estimate of drug-likeness (QED) is 0.553. The minimum atomic E-state index is -3.66. The van der Waals surface area contributed by atoms with Gasteiger partial charge in [-0.2, -0.15) is 4.31 Å². The van der Waals surface area contributed by atoms with E-state index in [1.54, 1.807) is 26.8 Å². The molecule has 0 spiro atoms. The monoisotopic (exact) mass is 413 g/mol. The number of sulfonamides is 1. The lowest BCUT2D eigenvalue weighted by atomic mass is 10.2. The maximum absolute atomic E-state index is 12.6. The van der Waals surface area contributed by atoms with Crippen LogP contribution in [0.5, 0.6) is 0 Å². The second-order valence-electron chi connectivity index (χ2n) is 6.01. The Bertz CT molecular complexity index is 819. The number of hydrogen-bond donors (Lipinski definition) is 2. The van der Waals surface area contributed by atoms with E-state index in [4.69, 9.17) is 4.74 Å². The van der Waals surface area contributed by atoms with Gasteiger partial charge in [0, 0.05) is 32.2 Å². The van der Waals surface area contributed by atoms with Gasteiger partial charge in [-0.05, 0) is 24.6 Å². The number of benzene rings is 1. The van der Waals surface area contributed by atoms with Crippen LogP contribution in [0.1, 0.15) is 32.8 Å². The van der Waals surface area contributed by atoms with Crippen LogP contribution in [0, 0.1) is 6.92 Å². The summed E-state index contributed by atoms with van der Waals surface area (Å²) in [5, 5.41) is 5.01. The van der Waals surface area contributed by atoms with E-state index in [2.05, 4.69) is 10.6 Å². The van der Waals surface area contributed by atoms with E-state index in [9.17, 15) is 22.8 Å². The molecular weight excluding hydrogens is 386 g/mol. The normalized spacial score (nSPS) is 11.2. The van der Waals surface area contributed by atoms with E-state index in [0.29, 0.717) is 24.3 Å². The summed E-state index contributed by atoms with van der Waals surface area (Å²) in [6.07, 6.45) is -0.0521. The average Bonchev–Trinajstić information content (AvgIpc) is 2.62. The molecule has 2 N–H and O–H groups in total. The van der Waals surface area contributed by atoms with Gasteiger partial charge in [-0.15, -0.1) is 0 Å². The van der Waals surface area contributed by atoms with Crippen LogP contribution in [0.2, 0.25) is 0 Å². The van der Waals surface area contributed by atoms with Crippen LogP contribution < -0.4 is 10.6 Å². The molecule has 0 aliphatic rings. The number of aryl methyl sites for hydroxylation is 1. The minimum Gasteiger partial charge on any atom is -0.456 e. The molecule has 0 fully saturated rings. The number of carbonyl (C=O) groups is 3. The first-order valence-electron chi connectivity index (χ1n) is 8.92. The van der Waals surface area contributed by atoms with Crippen molar-refractivity contribution >= 4 is 33.5 Å². The topological polar surface area (TPSA) is 122 Å². The van der Waals surface area contributed by atoms with Gasteiger partial charge >= 0.3 is 5.97 Å². The van der Waals surface area contributed by atoms with Gasteiger partial charge in [0.05, 0.1) is 11.3 Å². The van der Waals surface area contributed by atoms with Gasteiger partial charge in [-0.1, -0.05) is 19.9 Å². The third-order valence-electron chi connectivity index (χ3n) is 3.89. The van der Waals surface area contributed by atoms with E-state index in [1.165, 1.54) is 23.4 Å². The molecule has 1 aromatic rings. The fourth-order valence-electron chi connectivity index (χ4n) is 2.35. The molecule has 0 aromatic heterocycles. The fourth-order valence-corrected chi connectivity index (χ4v) is 3.84. The molecule has 28 heavy (non-hydrogen) atoms. The second kappa shape index (κ2) is 10.8. The molecule has 1 aromatic carbocycles. The number of esters is 1. The number of nitrogens with one attached hydrogen (secondary N) is 2. The molecule has 2 amide bonds. The van der Waals surface area contributed by atoms with Crippen molar-refractivity contribution in [1.82, 2.24) is 9.62 Å². The Kier molecular flexibility index (Phi) is 9.07. The minimum absolute atomic E-state index is 0.0521. The zero-order valence-corrected chi connectivity index (χ0v) is 17.4. The maximum atomic E-state index is 12.6. The average molecular weight is 413 g/mol. The summed E-state index contributed by atoms with van der Waals surface area (Å²) in [5.41, 5.74) is 0.997. The van der Waals surface area contributed by atoms with Crippen molar-refractivity contribution in [1.29, 1.82) is 0 Å². The van der Waals surface area contributed by atoms with E-state index in [1.807, 2.05) is 0 Å². The van der Waals surface area contributed by atoms with Gasteiger partial charge in [-0.3, -0.25) is 14.4 Å². The zero-order valence-electron chi connectivity index (χ0n) is 16.6. The number of carbonyl (C=O) groups excluding carboxylic acids is 3. The predicted molar refractivity (Wildman–Crippen MR) is 104 cm³/mol. The Hall–Kier alpha value is -2.46. The molecule has 0 bridgehead atoms. The Morgan fingerprint density at radius 2 is 1.79 bits per heavy atom. The predicted octanol–water partition coefficient (Wildman–Crippen LogP) is 1.03. The third-order valence-corrected chi connectivity index (χ3v) is 5.94. The van der Waals surface area contributed by atoms with Crippen molar-refractivity contribution in [2.24, 2.45) is 0 Å². The van der Waals surface area contributed by atoms with E-state index in [0.717, 1.165) is 0 Å². The van der Waals surface area contributed by atoms with E-state index >= 15 is 0 Å². The Morgan fingerprint density at radius 3 is 2.36 bits per heavy atom. The number of hydrogen-bond acceptors (Lipinski definition) is 6. The molecule has 0 heterocycles. The number of rotatable bonds is 10. The summed E-state index contributed by atoms with van der Waals surface area (Å²) < 4.78 is 31.4. The van der Waals surface area contributed by atoms with Crippen molar-refractivity contribution in [3.63, 3.8) is 0 Å². The van der Waals surface area contributed by atoms with Gasteiger partial charge in [0.1, 0.15) is 0 Å². The number of amides is 2. The maximum Gasteiger partial charge on any atom is 0.308 e. The smallest absolute Gasteiger partial charge is 0.308 e. The number of nitrogens with zero attached hydrogens (tertiary/aromatic N) is 1. The summed E-state index contributed by atoms with van der Waals surface area (Å²) in [4.78, 5) is 34.4. The standard InChI is InChI=1S/C18H27N3O6S/c1-5-21(6-2)28(25,26)15-8-7-13(3)16(11-15)20-17(23)12-27-18(24)9-10-19-14(4)22/h7-8,11H,5-6,9-10,12H2,1-4H3,(H,19,22)(H,20,23). The molecule has 0 aliphatic carbocycles. The number of anilines is 1. The van der Waals surface area contributed by atoms with Crippen LogP contribution in [-0.4, -0.2) is 56.7 Å². The molecule has 0 unspecified atom stereocenters. The first kappa shape index (κ1) is 23.6. The summed E-state index contributed by atoms with van der Waals surface area (Å²) in [7, 11) is -3.66. The van der Waals surface area contributed by atoms with Crippen LogP contribution in [-0.2, 0) is 29.1 Å². The highest BCUT2D eigenvalue weighted by Gasteiger charge is 2.22. The molecule has 10 heteroatoms. The molecule has 9 nitrogen and oxygen atoms in total. The molecule has 0 radical (unpaired) electrons. The first-order chi connectivity index (χ1) is 13.1. The highest BCUT2D eigenvalue weighted by molar-refractivity contribution is 7.89. The molecule has 1 rings (SSSR count). The Morgan fingerprint density at radius 1 is 1.14 bits per heavy atom. The second-order valence-corrected chi connectivity index (χ2v) is 7.95. The summed E-state index contributed by atoms with van der Waals surface area (Å²) in [5.74, 6) is -1.48. The van der Waals surface area contributed by atoms with Gasteiger partial charge in [0.2, 0.25) is 15.9 Å². The van der Waals surface area contributed by atoms with Crippen molar-refractivity contribution in [2.75, 3.05) is 31.6 Å². The first-order valence-corrected chi connectivity index (χ1v) is 10.4. The van der Waals surface area contributed by atoms with Crippen LogP contribution in [0.3, 0.4) is 0 Å². The van der Waals surface area contributed by atoms with Gasteiger partial charge < -0.3 is 15.4 Å². The molecule has 0 atom stereocenters. The van der Waals surface area contributed by atoms with Crippen LogP contribution in [0.15, 0.2) is 23.1 Å². The zero-order chi connectivity index (χ0) is 21.3. The molecular formula is C18H27N3O6S. The van der Waals surface area contributed by atoms with E-state index in [-0.39, 0.29) is 23.8 Å². The van der Waals surface area contributed by atoms with Gasteiger partial charge in [-0.25, -0.2) is 8.42 Å². The third kappa shape index (κ3) is 6.93. The Balaban J connectivity index is 2.75. The lowest BCUT2D eigenvalue weighted by Crippen LogP contribution is -2.30. The summed E-state index contributed by atoms with van der Waals surface area (Å²) >= 11 is 0. The van der Waals surface area contributed by atoms with E-state index < -0.39 is 28.5 Å². The lowest BCUT2D eigenvalue weighted by molar-refractivity contribution is -0.147. The van der Waals surface area contributed by atoms with Crippen molar-refractivity contribution < 1.29 is 27.5 Å². The van der Waals surface area contributed by atoms with Crippen LogP contribution in [0.25, 0.3) is 0 Å². The van der Waals surface area contributed by atoms with Crippen molar-refractivity contribution in [3.8, 4) is 0 Å². The molecule has 156 valence electrons. The summed E-state index contributed by atoms with van der Waals surface area (Å²) in [6, 6.07) is 4.48. The molecule has 0 saturated heterocycles. The summed E-state index contributed by atoms with van der Waals surface area (Å²) in [6.45, 7) is 6.84. The number of ether oxygens (including phenoxy) is 1. The highest BCUT2D eigenvalue weighted by Crippen LogP contribution is 2.23.